The average Bonchev–Trinajstić information content (AvgIpc) is 3.08. The van der Waals surface area contributed by atoms with Crippen LogP contribution in [-0.4, -0.2) is 21.4 Å². The summed E-state index contributed by atoms with van der Waals surface area (Å²) in [5.74, 6) is 0. The van der Waals surface area contributed by atoms with E-state index in [9.17, 15) is 10.2 Å². The first kappa shape index (κ1) is 47.9. The molecule has 0 atom stereocenters. The van der Waals surface area contributed by atoms with Gasteiger partial charge in [0.05, 0.1) is 11.2 Å². The van der Waals surface area contributed by atoms with Crippen molar-refractivity contribution in [2.75, 3.05) is 0 Å². The van der Waals surface area contributed by atoms with Gasteiger partial charge in [-0.15, -0.1) is 0 Å². The molecule has 2 heteroatoms. The van der Waals surface area contributed by atoms with Gasteiger partial charge in [-0.3, -0.25) is 0 Å². The summed E-state index contributed by atoms with van der Waals surface area (Å²) >= 11 is 0. The van der Waals surface area contributed by atoms with Crippen LogP contribution >= 0.6 is 0 Å². The number of aliphatic hydroxyl groups is 2. The van der Waals surface area contributed by atoms with Crippen LogP contribution in [0.4, 0.5) is 0 Å². The zero-order chi connectivity index (χ0) is 35.3. The van der Waals surface area contributed by atoms with E-state index < -0.39 is 11.2 Å². The summed E-state index contributed by atoms with van der Waals surface area (Å²) in [4.78, 5) is 0. The van der Waals surface area contributed by atoms with Gasteiger partial charge in [0, 0.05) is 0 Å². The summed E-state index contributed by atoms with van der Waals surface area (Å²) in [6.07, 6.45) is 50.5. The second-order valence-electron chi connectivity index (χ2n) is 16.6. The normalized spacial score (nSPS) is 12.4. The zero-order valence-electron chi connectivity index (χ0n) is 34.2. The van der Waals surface area contributed by atoms with Crippen molar-refractivity contribution < 1.29 is 10.2 Å². The predicted molar refractivity (Wildman–Crippen MR) is 217 cm³/mol. The van der Waals surface area contributed by atoms with E-state index in [1.165, 1.54) is 205 Å². The molecule has 2 nitrogen and oxygen atoms in total. The predicted octanol–water partition coefficient (Wildman–Crippen LogP) is 16.1. The minimum absolute atomic E-state index is 0.488. The lowest BCUT2D eigenvalue weighted by molar-refractivity contribution is -0.00619. The smallest absolute Gasteiger partial charge is 0.0647 e. The third-order valence-electron chi connectivity index (χ3n) is 11.5. The minimum atomic E-state index is -0.488. The Bertz CT molecular complexity index is 509. The van der Waals surface area contributed by atoms with Gasteiger partial charge in [-0.25, -0.2) is 0 Å². The molecule has 0 aliphatic heterocycles. The van der Waals surface area contributed by atoms with Crippen LogP contribution in [0.5, 0.6) is 0 Å². The molecule has 0 rings (SSSR count). The monoisotopic (exact) mass is 679 g/mol. The third-order valence-corrected chi connectivity index (χ3v) is 11.5. The van der Waals surface area contributed by atoms with E-state index in [1.807, 2.05) is 0 Å². The molecule has 0 amide bonds. The molecular weight excluding hydrogens is 585 g/mol. The van der Waals surface area contributed by atoms with Gasteiger partial charge in [0.1, 0.15) is 0 Å². The SMILES string of the molecule is CCCCCCCCCCC(O)(CCCCCCCCCC)CCCCC(O)(CCCCCCCCCC)CCCCCCCCCC. The van der Waals surface area contributed by atoms with E-state index in [-0.39, 0.29) is 0 Å². The summed E-state index contributed by atoms with van der Waals surface area (Å²) in [5.41, 5.74) is -0.976. The van der Waals surface area contributed by atoms with Crippen molar-refractivity contribution in [1.29, 1.82) is 0 Å². The molecule has 0 unspecified atom stereocenters. The van der Waals surface area contributed by atoms with Crippen LogP contribution in [0.1, 0.15) is 285 Å². The first-order valence-electron chi connectivity index (χ1n) is 22.9. The van der Waals surface area contributed by atoms with Gasteiger partial charge in [0.15, 0.2) is 0 Å². The number of hydrogen-bond acceptors (Lipinski definition) is 2. The van der Waals surface area contributed by atoms with Gasteiger partial charge < -0.3 is 10.2 Å². The van der Waals surface area contributed by atoms with Crippen LogP contribution in [0.3, 0.4) is 0 Å². The summed E-state index contributed by atoms with van der Waals surface area (Å²) < 4.78 is 0. The van der Waals surface area contributed by atoms with Crippen molar-refractivity contribution in [2.45, 2.75) is 296 Å². The lowest BCUT2D eigenvalue weighted by Gasteiger charge is -2.31. The van der Waals surface area contributed by atoms with Crippen LogP contribution in [0, 0.1) is 0 Å². The van der Waals surface area contributed by atoms with Crippen LogP contribution in [0.15, 0.2) is 0 Å². The fourth-order valence-corrected chi connectivity index (χ4v) is 8.01. The number of hydrogen-bond donors (Lipinski definition) is 2. The first-order chi connectivity index (χ1) is 23.4. The molecule has 2 N–H and O–H groups in total. The van der Waals surface area contributed by atoms with Gasteiger partial charge >= 0.3 is 0 Å². The van der Waals surface area contributed by atoms with Crippen molar-refractivity contribution >= 4 is 0 Å². The molecule has 0 spiro atoms. The van der Waals surface area contributed by atoms with Crippen molar-refractivity contribution in [3.8, 4) is 0 Å². The average molecular weight is 679 g/mol. The first-order valence-corrected chi connectivity index (χ1v) is 22.9. The molecule has 0 saturated carbocycles. The Labute approximate surface area is 305 Å². The second kappa shape index (κ2) is 36.7. The van der Waals surface area contributed by atoms with E-state index in [1.54, 1.807) is 0 Å². The molecular formula is C46H94O2. The van der Waals surface area contributed by atoms with Gasteiger partial charge in [-0.1, -0.05) is 246 Å². The molecule has 0 radical (unpaired) electrons. The summed E-state index contributed by atoms with van der Waals surface area (Å²) in [6.45, 7) is 9.18. The van der Waals surface area contributed by atoms with E-state index in [0.29, 0.717) is 0 Å². The summed E-state index contributed by atoms with van der Waals surface area (Å²) in [6, 6.07) is 0. The molecule has 0 aromatic rings. The van der Waals surface area contributed by atoms with E-state index in [4.69, 9.17) is 0 Å². The van der Waals surface area contributed by atoms with Crippen LogP contribution in [-0.2, 0) is 0 Å². The van der Waals surface area contributed by atoms with Crippen LogP contribution in [0.2, 0.25) is 0 Å². The molecule has 0 aliphatic carbocycles. The van der Waals surface area contributed by atoms with Crippen molar-refractivity contribution in [2.24, 2.45) is 0 Å². The second-order valence-corrected chi connectivity index (χ2v) is 16.6. The summed E-state index contributed by atoms with van der Waals surface area (Å²) in [5, 5.41) is 23.8. The fraction of sp³-hybridized carbons (Fsp3) is 1.00. The molecule has 0 aromatic heterocycles. The van der Waals surface area contributed by atoms with Crippen molar-refractivity contribution in [3.63, 3.8) is 0 Å². The Morgan fingerprint density at radius 1 is 0.208 bits per heavy atom. The van der Waals surface area contributed by atoms with Crippen molar-refractivity contribution in [3.05, 3.63) is 0 Å². The topological polar surface area (TPSA) is 40.5 Å². The highest BCUT2D eigenvalue weighted by atomic mass is 16.3. The van der Waals surface area contributed by atoms with Crippen molar-refractivity contribution in [1.82, 2.24) is 0 Å². The van der Waals surface area contributed by atoms with Crippen LogP contribution < -0.4 is 0 Å². The van der Waals surface area contributed by atoms with E-state index in [0.717, 1.165) is 51.4 Å². The summed E-state index contributed by atoms with van der Waals surface area (Å²) in [7, 11) is 0. The highest BCUT2D eigenvalue weighted by Crippen LogP contribution is 2.32. The lowest BCUT2D eigenvalue weighted by Crippen LogP contribution is -2.30. The maximum atomic E-state index is 11.9. The highest BCUT2D eigenvalue weighted by Gasteiger charge is 2.28. The van der Waals surface area contributed by atoms with Gasteiger partial charge in [-0.05, 0) is 38.5 Å². The lowest BCUT2D eigenvalue weighted by atomic mass is 9.82. The molecule has 0 bridgehead atoms. The maximum Gasteiger partial charge on any atom is 0.0647 e. The molecule has 0 saturated heterocycles. The molecule has 0 aliphatic rings. The standard InChI is InChI=1S/C46H94O2/c1-5-9-13-17-21-25-29-33-39-45(47,40-34-30-26-22-18-14-10-6-2)43-37-38-44-46(48,41-35-31-27-23-19-15-11-7-3)42-36-32-28-24-20-16-12-8-4/h47-48H,5-44H2,1-4H3. The third kappa shape index (κ3) is 33.1. The van der Waals surface area contributed by atoms with Gasteiger partial charge in [0.25, 0.3) is 0 Å². The fourth-order valence-electron chi connectivity index (χ4n) is 8.01. The molecule has 0 aromatic carbocycles. The van der Waals surface area contributed by atoms with Gasteiger partial charge in [-0.2, -0.15) is 0 Å². The maximum absolute atomic E-state index is 11.9. The van der Waals surface area contributed by atoms with Crippen LogP contribution in [0.25, 0.3) is 0 Å². The molecule has 0 fully saturated rings. The Morgan fingerprint density at radius 3 is 0.500 bits per heavy atom. The molecule has 0 heterocycles. The molecule has 290 valence electrons. The molecule has 48 heavy (non-hydrogen) atoms. The zero-order valence-corrected chi connectivity index (χ0v) is 34.2. The number of unbranched alkanes of at least 4 members (excludes halogenated alkanes) is 29. The largest absolute Gasteiger partial charge is 0.390 e. The Kier molecular flexibility index (Phi) is 36.6. The Hall–Kier alpha value is -0.0800. The Balaban J connectivity index is 4.81. The Morgan fingerprint density at radius 2 is 0.333 bits per heavy atom. The number of rotatable bonds is 41. The quantitative estimate of drug-likeness (QED) is 0.0632. The van der Waals surface area contributed by atoms with E-state index >= 15 is 0 Å². The minimum Gasteiger partial charge on any atom is -0.390 e. The highest BCUT2D eigenvalue weighted by molar-refractivity contribution is 4.82. The van der Waals surface area contributed by atoms with Gasteiger partial charge in [0.2, 0.25) is 0 Å². The van der Waals surface area contributed by atoms with E-state index in [2.05, 4.69) is 27.7 Å².